The molecule has 0 atom stereocenters. The fourth-order valence-electron chi connectivity index (χ4n) is 2.42. The minimum Gasteiger partial charge on any atom is -0.383 e. The van der Waals surface area contributed by atoms with Crippen LogP contribution in [-0.4, -0.2) is 88.9 Å². The van der Waals surface area contributed by atoms with Crippen LogP contribution in [0.1, 0.15) is 19.8 Å². The molecule has 6 nitrogen and oxygen atoms in total. The molecule has 21 heavy (non-hydrogen) atoms. The number of rotatable bonds is 8. The third-order valence-corrected chi connectivity index (χ3v) is 3.66. The fraction of sp³-hybridized carbons (Fsp3) is 0.933. The van der Waals surface area contributed by atoms with Crippen LogP contribution in [0, 0.1) is 0 Å². The van der Waals surface area contributed by atoms with Crippen molar-refractivity contribution >= 4 is 5.96 Å². The maximum Gasteiger partial charge on any atom is 0.191 e. The van der Waals surface area contributed by atoms with Crippen molar-refractivity contribution in [1.82, 2.24) is 20.4 Å². The zero-order valence-corrected chi connectivity index (χ0v) is 14.0. The van der Waals surface area contributed by atoms with E-state index in [9.17, 15) is 0 Å². The number of nitrogens with zero attached hydrogens (tertiary/aromatic N) is 3. The van der Waals surface area contributed by atoms with Crippen molar-refractivity contribution in [3.05, 3.63) is 0 Å². The van der Waals surface area contributed by atoms with Crippen LogP contribution in [-0.2, 0) is 4.74 Å². The minimum absolute atomic E-state index is 0.700. The number of ether oxygens (including phenoxy) is 1. The quantitative estimate of drug-likeness (QED) is 0.381. The van der Waals surface area contributed by atoms with Crippen molar-refractivity contribution < 1.29 is 4.74 Å². The van der Waals surface area contributed by atoms with Crippen LogP contribution in [0.3, 0.4) is 0 Å². The van der Waals surface area contributed by atoms with Crippen LogP contribution in [0.2, 0.25) is 0 Å². The van der Waals surface area contributed by atoms with Gasteiger partial charge in [-0.15, -0.1) is 0 Å². The first-order valence-electron chi connectivity index (χ1n) is 8.18. The summed E-state index contributed by atoms with van der Waals surface area (Å²) in [4.78, 5) is 9.59. The highest BCUT2D eigenvalue weighted by atomic mass is 16.5. The van der Waals surface area contributed by atoms with E-state index in [2.05, 4.69) is 39.4 Å². The molecule has 1 saturated heterocycles. The van der Waals surface area contributed by atoms with Crippen molar-refractivity contribution in [2.24, 2.45) is 4.99 Å². The molecule has 6 heteroatoms. The summed E-state index contributed by atoms with van der Waals surface area (Å²) in [6.07, 6.45) is 2.39. The number of methoxy groups -OCH3 is 1. The summed E-state index contributed by atoms with van der Waals surface area (Å²) in [6.45, 7) is 11.3. The Morgan fingerprint density at radius 1 is 1.19 bits per heavy atom. The summed E-state index contributed by atoms with van der Waals surface area (Å²) < 4.78 is 5.04. The van der Waals surface area contributed by atoms with Gasteiger partial charge >= 0.3 is 0 Å². The number of guanidine groups is 1. The molecule has 0 aromatic heterocycles. The van der Waals surface area contributed by atoms with E-state index in [-0.39, 0.29) is 0 Å². The van der Waals surface area contributed by atoms with E-state index in [1.54, 1.807) is 7.11 Å². The van der Waals surface area contributed by atoms with Gasteiger partial charge in [-0.2, -0.15) is 0 Å². The van der Waals surface area contributed by atoms with Crippen molar-refractivity contribution in [3.63, 3.8) is 0 Å². The first kappa shape index (κ1) is 18.2. The van der Waals surface area contributed by atoms with Crippen LogP contribution in [0.5, 0.6) is 0 Å². The van der Waals surface area contributed by atoms with Crippen LogP contribution in [0.4, 0.5) is 0 Å². The van der Waals surface area contributed by atoms with E-state index in [1.807, 2.05) is 0 Å². The third-order valence-electron chi connectivity index (χ3n) is 3.66. The molecule has 124 valence electrons. The maximum absolute atomic E-state index is 5.04. The molecule has 0 radical (unpaired) electrons. The van der Waals surface area contributed by atoms with Gasteiger partial charge in [0.15, 0.2) is 5.96 Å². The molecule has 1 aliphatic heterocycles. The lowest BCUT2D eigenvalue weighted by molar-refractivity contribution is 0.203. The van der Waals surface area contributed by atoms with Crippen LogP contribution in [0.25, 0.3) is 0 Å². The first-order chi connectivity index (χ1) is 10.3. The van der Waals surface area contributed by atoms with Gasteiger partial charge in [-0.25, -0.2) is 0 Å². The van der Waals surface area contributed by atoms with Gasteiger partial charge in [-0.3, -0.25) is 4.99 Å². The summed E-state index contributed by atoms with van der Waals surface area (Å²) in [5, 5.41) is 6.53. The molecule has 0 spiro atoms. The van der Waals surface area contributed by atoms with Crippen LogP contribution < -0.4 is 10.6 Å². The largest absolute Gasteiger partial charge is 0.383 e. The molecule has 1 rings (SSSR count). The summed E-state index contributed by atoms with van der Waals surface area (Å²) in [5.74, 6) is 0.894. The average molecular weight is 299 g/mol. The summed E-state index contributed by atoms with van der Waals surface area (Å²) in [7, 11) is 3.92. The number of nitrogens with one attached hydrogen (secondary N) is 2. The van der Waals surface area contributed by atoms with Crippen molar-refractivity contribution in [2.75, 3.05) is 73.1 Å². The first-order valence-corrected chi connectivity index (χ1v) is 8.18. The molecule has 0 amide bonds. The lowest BCUT2D eigenvalue weighted by Gasteiger charge is -2.19. The number of hydrogen-bond acceptors (Lipinski definition) is 4. The molecule has 1 fully saturated rings. The van der Waals surface area contributed by atoms with Crippen LogP contribution in [0.15, 0.2) is 4.99 Å². The number of hydrogen-bond donors (Lipinski definition) is 2. The summed E-state index contributed by atoms with van der Waals surface area (Å²) >= 11 is 0. The van der Waals surface area contributed by atoms with E-state index < -0.39 is 0 Å². The topological polar surface area (TPSA) is 52.1 Å². The van der Waals surface area contributed by atoms with Gasteiger partial charge in [-0.05, 0) is 46.4 Å². The summed E-state index contributed by atoms with van der Waals surface area (Å²) in [5.41, 5.74) is 0. The lowest BCUT2D eigenvalue weighted by Crippen LogP contribution is -2.39. The van der Waals surface area contributed by atoms with Gasteiger partial charge in [0, 0.05) is 39.8 Å². The average Bonchev–Trinajstić information content (AvgIpc) is 2.68. The highest BCUT2D eigenvalue weighted by molar-refractivity contribution is 5.79. The second-order valence-electron chi connectivity index (χ2n) is 5.53. The van der Waals surface area contributed by atoms with E-state index in [1.165, 1.54) is 32.6 Å². The third kappa shape index (κ3) is 8.90. The van der Waals surface area contributed by atoms with E-state index >= 15 is 0 Å². The van der Waals surface area contributed by atoms with E-state index in [0.29, 0.717) is 6.61 Å². The number of likely N-dealkylation sites (N-methyl/N-ethyl adjacent to an activating group) is 1. The standard InChI is InChI=1S/C15H33N5O/c1-4-16-15(18-8-14-21-3)17-7-5-10-20-11-6-9-19(2)12-13-20/h4-14H2,1-3H3,(H2,16,17,18). The summed E-state index contributed by atoms with van der Waals surface area (Å²) in [6, 6.07) is 0. The highest BCUT2D eigenvalue weighted by Crippen LogP contribution is 2.01. The molecule has 0 saturated carbocycles. The molecule has 0 unspecified atom stereocenters. The Morgan fingerprint density at radius 3 is 2.81 bits per heavy atom. The highest BCUT2D eigenvalue weighted by Gasteiger charge is 2.10. The predicted molar refractivity (Wildman–Crippen MR) is 89.0 cm³/mol. The minimum atomic E-state index is 0.700. The molecule has 0 aliphatic carbocycles. The predicted octanol–water partition coefficient (Wildman–Crippen LogP) is 0.216. The smallest absolute Gasteiger partial charge is 0.191 e. The molecule has 1 aliphatic rings. The molecular weight excluding hydrogens is 266 g/mol. The molecule has 2 N–H and O–H groups in total. The molecule has 0 aromatic rings. The lowest BCUT2D eigenvalue weighted by atomic mass is 10.3. The van der Waals surface area contributed by atoms with Gasteiger partial charge in [0.2, 0.25) is 0 Å². The Labute approximate surface area is 129 Å². The molecule has 0 bridgehead atoms. The fourth-order valence-corrected chi connectivity index (χ4v) is 2.42. The zero-order chi connectivity index (χ0) is 15.3. The Kier molecular flexibility index (Phi) is 10.2. The molecule has 1 heterocycles. The van der Waals surface area contributed by atoms with Crippen molar-refractivity contribution in [3.8, 4) is 0 Å². The van der Waals surface area contributed by atoms with Gasteiger partial charge in [-0.1, -0.05) is 0 Å². The SMILES string of the molecule is CCNC(=NCCCN1CCCN(C)CC1)NCCOC. The second kappa shape index (κ2) is 11.8. The van der Waals surface area contributed by atoms with Crippen molar-refractivity contribution in [1.29, 1.82) is 0 Å². The Balaban J connectivity index is 2.20. The normalized spacial score (nSPS) is 18.5. The van der Waals surface area contributed by atoms with E-state index in [0.717, 1.165) is 38.6 Å². The van der Waals surface area contributed by atoms with Crippen molar-refractivity contribution in [2.45, 2.75) is 19.8 Å². The van der Waals surface area contributed by atoms with Gasteiger partial charge in [0.05, 0.1) is 6.61 Å². The van der Waals surface area contributed by atoms with E-state index in [4.69, 9.17) is 4.74 Å². The second-order valence-corrected chi connectivity index (χ2v) is 5.53. The Bertz CT molecular complexity index is 285. The zero-order valence-electron chi connectivity index (χ0n) is 14.0. The monoisotopic (exact) mass is 299 g/mol. The van der Waals surface area contributed by atoms with Crippen LogP contribution >= 0.6 is 0 Å². The maximum atomic E-state index is 5.04. The van der Waals surface area contributed by atoms with Gasteiger partial charge < -0.3 is 25.2 Å². The molecule has 0 aromatic carbocycles. The number of aliphatic imine (C=N–C) groups is 1. The van der Waals surface area contributed by atoms with Gasteiger partial charge in [0.1, 0.15) is 0 Å². The Hall–Kier alpha value is -0.850. The Morgan fingerprint density at radius 2 is 2.05 bits per heavy atom. The van der Waals surface area contributed by atoms with Gasteiger partial charge in [0.25, 0.3) is 0 Å². The molecular formula is C15H33N5O.